The Morgan fingerprint density at radius 1 is 1.06 bits per heavy atom. The summed E-state index contributed by atoms with van der Waals surface area (Å²) in [7, 11) is -3.87. The molecule has 0 radical (unpaired) electrons. The van der Waals surface area contributed by atoms with Crippen molar-refractivity contribution < 1.29 is 18.0 Å². The zero-order chi connectivity index (χ0) is 26.2. The summed E-state index contributed by atoms with van der Waals surface area (Å²) in [6.07, 6.45) is 1.90. The van der Waals surface area contributed by atoms with Crippen LogP contribution in [-0.4, -0.2) is 57.1 Å². The molecule has 0 aliphatic carbocycles. The van der Waals surface area contributed by atoms with Gasteiger partial charge in [0, 0.05) is 18.1 Å². The smallest absolute Gasteiger partial charge is 0.244 e. The third kappa shape index (κ3) is 8.70. The van der Waals surface area contributed by atoms with E-state index in [1.807, 2.05) is 51.1 Å². The molecule has 0 saturated heterocycles. The second-order valence-electron chi connectivity index (χ2n) is 8.75. The summed E-state index contributed by atoms with van der Waals surface area (Å²) in [6.45, 7) is 6.03. The van der Waals surface area contributed by atoms with E-state index in [9.17, 15) is 18.0 Å². The summed E-state index contributed by atoms with van der Waals surface area (Å²) in [5, 5.41) is 3.35. The number of halogens is 2. The highest BCUT2D eigenvalue weighted by Crippen LogP contribution is 2.30. The number of carbonyl (C=O) groups excluding carboxylic acids is 2. The molecule has 0 aromatic heterocycles. The number of anilines is 1. The van der Waals surface area contributed by atoms with Gasteiger partial charge in [0.2, 0.25) is 21.8 Å². The van der Waals surface area contributed by atoms with E-state index >= 15 is 0 Å². The van der Waals surface area contributed by atoms with Crippen LogP contribution in [0.4, 0.5) is 5.69 Å². The fraction of sp³-hybridized carbons (Fsp3) is 0.440. The van der Waals surface area contributed by atoms with Crippen molar-refractivity contribution in [2.24, 2.45) is 5.92 Å². The monoisotopic (exact) mass is 541 g/mol. The maximum atomic E-state index is 13.6. The summed E-state index contributed by atoms with van der Waals surface area (Å²) in [5.41, 5.74) is 1.15. The molecule has 2 aromatic carbocycles. The Hall–Kier alpha value is -2.29. The molecule has 2 rings (SSSR count). The minimum absolute atomic E-state index is 0.105. The number of rotatable bonds is 12. The predicted molar refractivity (Wildman–Crippen MR) is 142 cm³/mol. The number of benzene rings is 2. The Kier molecular flexibility index (Phi) is 10.9. The molecule has 10 heteroatoms. The van der Waals surface area contributed by atoms with Gasteiger partial charge in [-0.1, -0.05) is 74.3 Å². The van der Waals surface area contributed by atoms with Crippen LogP contribution in [0.25, 0.3) is 0 Å². The summed E-state index contributed by atoms with van der Waals surface area (Å²) in [6, 6.07) is 13.2. The SMILES string of the molecule is CC[C@H](C(=O)NCC(C)C)N(CCc1ccccc1)C(=O)CN(c1ccc(Cl)cc1Cl)S(C)(=O)=O. The molecule has 0 bridgehead atoms. The highest BCUT2D eigenvalue weighted by atomic mass is 35.5. The molecule has 7 nitrogen and oxygen atoms in total. The Bertz CT molecular complexity index is 1110. The van der Waals surface area contributed by atoms with Crippen LogP contribution in [0.2, 0.25) is 10.0 Å². The van der Waals surface area contributed by atoms with Crippen molar-refractivity contribution in [1.29, 1.82) is 0 Å². The first-order valence-corrected chi connectivity index (χ1v) is 14.1. The van der Waals surface area contributed by atoms with E-state index in [1.54, 1.807) is 0 Å². The standard InChI is InChI=1S/C25H33Cl2N3O4S/c1-5-22(25(32)28-16-18(2)3)29(14-13-19-9-7-6-8-10-19)24(31)17-30(35(4,33)34)23-12-11-20(26)15-21(23)27/h6-12,15,18,22H,5,13-14,16-17H2,1-4H3,(H,28,32)/t22-/m1/s1. The van der Waals surface area contributed by atoms with E-state index in [4.69, 9.17) is 23.2 Å². The van der Waals surface area contributed by atoms with Crippen LogP contribution in [0.5, 0.6) is 0 Å². The number of nitrogens with one attached hydrogen (secondary N) is 1. The highest BCUT2D eigenvalue weighted by Gasteiger charge is 2.32. The third-order valence-electron chi connectivity index (χ3n) is 5.41. The lowest BCUT2D eigenvalue weighted by atomic mass is 10.1. The van der Waals surface area contributed by atoms with Crippen LogP contribution >= 0.6 is 23.2 Å². The number of hydrogen-bond donors (Lipinski definition) is 1. The van der Waals surface area contributed by atoms with Crippen molar-refractivity contribution in [3.8, 4) is 0 Å². The van der Waals surface area contributed by atoms with Gasteiger partial charge in [-0.05, 0) is 42.5 Å². The van der Waals surface area contributed by atoms with Crippen LogP contribution in [-0.2, 0) is 26.0 Å². The molecule has 35 heavy (non-hydrogen) atoms. The molecule has 0 aliphatic heterocycles. The Labute approximate surface area is 218 Å². The molecule has 0 heterocycles. The molecular formula is C25H33Cl2N3O4S. The first-order valence-electron chi connectivity index (χ1n) is 11.5. The second-order valence-corrected chi connectivity index (χ2v) is 11.5. The molecule has 2 amide bonds. The maximum absolute atomic E-state index is 13.6. The fourth-order valence-electron chi connectivity index (χ4n) is 3.60. The lowest BCUT2D eigenvalue weighted by Gasteiger charge is -2.33. The molecule has 0 aliphatic rings. The predicted octanol–water partition coefficient (Wildman–Crippen LogP) is 4.38. The van der Waals surface area contributed by atoms with E-state index in [-0.39, 0.29) is 29.1 Å². The van der Waals surface area contributed by atoms with Gasteiger partial charge in [0.1, 0.15) is 12.6 Å². The molecule has 192 valence electrons. The molecule has 2 aromatic rings. The summed E-state index contributed by atoms with van der Waals surface area (Å²) < 4.78 is 26.2. The summed E-state index contributed by atoms with van der Waals surface area (Å²) in [5.74, 6) is -0.514. The zero-order valence-corrected chi connectivity index (χ0v) is 22.8. The Balaban J connectivity index is 2.37. The third-order valence-corrected chi connectivity index (χ3v) is 7.08. The van der Waals surface area contributed by atoms with Crippen LogP contribution < -0.4 is 9.62 Å². The minimum Gasteiger partial charge on any atom is -0.354 e. The molecule has 1 N–H and O–H groups in total. The number of hydrogen-bond acceptors (Lipinski definition) is 4. The van der Waals surface area contributed by atoms with E-state index < -0.39 is 28.5 Å². The average Bonchev–Trinajstić information content (AvgIpc) is 2.79. The lowest BCUT2D eigenvalue weighted by Crippen LogP contribution is -2.53. The molecule has 0 fully saturated rings. The highest BCUT2D eigenvalue weighted by molar-refractivity contribution is 7.92. The van der Waals surface area contributed by atoms with Gasteiger partial charge in [-0.15, -0.1) is 0 Å². The summed E-state index contributed by atoms with van der Waals surface area (Å²) in [4.78, 5) is 28.1. The van der Waals surface area contributed by atoms with Crippen molar-refractivity contribution in [2.45, 2.75) is 39.7 Å². The van der Waals surface area contributed by atoms with E-state index in [0.717, 1.165) is 16.1 Å². The van der Waals surface area contributed by atoms with Crippen molar-refractivity contribution in [3.05, 3.63) is 64.1 Å². The van der Waals surface area contributed by atoms with Crippen LogP contribution in [0, 0.1) is 5.92 Å². The lowest BCUT2D eigenvalue weighted by molar-refractivity contribution is -0.139. The Morgan fingerprint density at radius 3 is 2.26 bits per heavy atom. The first kappa shape index (κ1) is 28.9. The van der Waals surface area contributed by atoms with Gasteiger partial charge >= 0.3 is 0 Å². The number of sulfonamides is 1. The van der Waals surface area contributed by atoms with E-state index in [0.29, 0.717) is 24.4 Å². The Morgan fingerprint density at radius 2 is 1.71 bits per heavy atom. The normalized spacial score (nSPS) is 12.3. The number of amides is 2. The van der Waals surface area contributed by atoms with Gasteiger partial charge in [0.25, 0.3) is 0 Å². The van der Waals surface area contributed by atoms with Crippen molar-refractivity contribution >= 4 is 50.7 Å². The topological polar surface area (TPSA) is 86.8 Å². The van der Waals surface area contributed by atoms with Crippen molar-refractivity contribution in [1.82, 2.24) is 10.2 Å². The van der Waals surface area contributed by atoms with Gasteiger partial charge in [-0.2, -0.15) is 0 Å². The minimum atomic E-state index is -3.87. The second kappa shape index (κ2) is 13.1. The average molecular weight is 543 g/mol. The molecule has 0 spiro atoms. The zero-order valence-electron chi connectivity index (χ0n) is 20.5. The van der Waals surface area contributed by atoms with Gasteiger partial charge in [-0.3, -0.25) is 13.9 Å². The van der Waals surface area contributed by atoms with Crippen molar-refractivity contribution in [2.75, 3.05) is 30.2 Å². The molecule has 1 atom stereocenters. The van der Waals surface area contributed by atoms with Crippen LogP contribution in [0.15, 0.2) is 48.5 Å². The van der Waals surface area contributed by atoms with Gasteiger partial charge in [0.05, 0.1) is 17.0 Å². The largest absolute Gasteiger partial charge is 0.354 e. The maximum Gasteiger partial charge on any atom is 0.244 e. The van der Waals surface area contributed by atoms with Gasteiger partial charge in [0.15, 0.2) is 0 Å². The number of nitrogens with zero attached hydrogens (tertiary/aromatic N) is 2. The fourth-order valence-corrected chi connectivity index (χ4v) is 5.02. The molecule has 0 saturated carbocycles. The van der Waals surface area contributed by atoms with Crippen molar-refractivity contribution in [3.63, 3.8) is 0 Å². The van der Waals surface area contributed by atoms with Crippen LogP contribution in [0.3, 0.4) is 0 Å². The van der Waals surface area contributed by atoms with Gasteiger partial charge in [-0.25, -0.2) is 8.42 Å². The summed E-state index contributed by atoms with van der Waals surface area (Å²) >= 11 is 12.2. The molecule has 0 unspecified atom stereocenters. The van der Waals surface area contributed by atoms with Crippen LogP contribution in [0.1, 0.15) is 32.8 Å². The quantitative estimate of drug-likeness (QED) is 0.431. The van der Waals surface area contributed by atoms with E-state index in [1.165, 1.54) is 23.1 Å². The van der Waals surface area contributed by atoms with E-state index in [2.05, 4.69) is 5.32 Å². The first-order chi connectivity index (χ1) is 16.4. The van der Waals surface area contributed by atoms with Gasteiger partial charge < -0.3 is 10.2 Å². The molecular weight excluding hydrogens is 509 g/mol. The number of carbonyl (C=O) groups is 2.